The van der Waals surface area contributed by atoms with E-state index in [9.17, 15) is 17.6 Å². The van der Waals surface area contributed by atoms with Crippen molar-refractivity contribution in [3.8, 4) is 11.8 Å². The van der Waals surface area contributed by atoms with Crippen LogP contribution in [0.25, 0.3) is 0 Å². The molecule has 0 fully saturated rings. The van der Waals surface area contributed by atoms with Crippen molar-refractivity contribution in [2.75, 3.05) is 18.6 Å². The number of amides is 1. The molecule has 0 spiro atoms. The van der Waals surface area contributed by atoms with Crippen LogP contribution < -0.4 is 5.32 Å². The summed E-state index contributed by atoms with van der Waals surface area (Å²) in [5.41, 5.74) is 0.255. The van der Waals surface area contributed by atoms with Crippen molar-refractivity contribution < 1.29 is 22.7 Å². The van der Waals surface area contributed by atoms with Crippen molar-refractivity contribution in [1.82, 2.24) is 5.32 Å². The number of carbonyl (C=O) groups excluding carboxylic acids is 1. The third kappa shape index (κ3) is 5.94. The van der Waals surface area contributed by atoms with Gasteiger partial charge in [0, 0.05) is 17.9 Å². The molecule has 114 valence electrons. The van der Waals surface area contributed by atoms with Crippen molar-refractivity contribution in [2.45, 2.75) is 13.0 Å². The van der Waals surface area contributed by atoms with Gasteiger partial charge >= 0.3 is 0 Å². The second-order valence-electron chi connectivity index (χ2n) is 4.62. The van der Waals surface area contributed by atoms with Crippen molar-refractivity contribution in [3.63, 3.8) is 0 Å². The van der Waals surface area contributed by atoms with Gasteiger partial charge in [0.15, 0.2) is 0 Å². The van der Waals surface area contributed by atoms with E-state index in [1.54, 1.807) is 0 Å². The SMILES string of the molecule is CC(CS(C)(=O)=O)NC(=O)c1cc(F)ccc1C#CCO. The normalized spacial score (nSPS) is 12.2. The van der Waals surface area contributed by atoms with Crippen LogP contribution in [0.15, 0.2) is 18.2 Å². The highest BCUT2D eigenvalue weighted by molar-refractivity contribution is 7.90. The number of aliphatic hydroxyl groups is 1. The van der Waals surface area contributed by atoms with Crippen LogP contribution in [0.1, 0.15) is 22.8 Å². The lowest BCUT2D eigenvalue weighted by atomic mass is 10.1. The number of rotatable bonds is 4. The molecule has 1 atom stereocenters. The molecule has 2 N–H and O–H groups in total. The summed E-state index contributed by atoms with van der Waals surface area (Å²) < 4.78 is 35.6. The lowest BCUT2D eigenvalue weighted by molar-refractivity contribution is 0.0943. The first-order valence-corrected chi connectivity index (χ1v) is 8.17. The Bertz CT molecular complexity index is 689. The largest absolute Gasteiger partial charge is 0.384 e. The number of carbonyl (C=O) groups is 1. The van der Waals surface area contributed by atoms with Gasteiger partial charge in [-0.1, -0.05) is 11.8 Å². The van der Waals surface area contributed by atoms with Gasteiger partial charge in [-0.25, -0.2) is 12.8 Å². The highest BCUT2D eigenvalue weighted by Crippen LogP contribution is 2.11. The maximum absolute atomic E-state index is 13.3. The molecule has 0 saturated carbocycles. The fraction of sp³-hybridized carbons (Fsp3) is 0.357. The van der Waals surface area contributed by atoms with Crippen LogP contribution in [0.2, 0.25) is 0 Å². The smallest absolute Gasteiger partial charge is 0.252 e. The number of nitrogens with one attached hydrogen (secondary N) is 1. The quantitative estimate of drug-likeness (QED) is 0.785. The lowest BCUT2D eigenvalue weighted by Crippen LogP contribution is -2.37. The molecule has 0 aliphatic rings. The van der Waals surface area contributed by atoms with Crippen molar-refractivity contribution in [2.24, 2.45) is 0 Å². The summed E-state index contributed by atoms with van der Waals surface area (Å²) in [6.45, 7) is 1.15. The minimum absolute atomic E-state index is 0.00342. The van der Waals surface area contributed by atoms with Gasteiger partial charge in [0.1, 0.15) is 22.3 Å². The Balaban J connectivity index is 2.98. The van der Waals surface area contributed by atoms with Crippen LogP contribution in [0.3, 0.4) is 0 Å². The number of sulfone groups is 1. The standard InChI is InChI=1S/C14H16FNO4S/c1-10(9-21(2,19)20)16-14(18)13-8-12(15)6-5-11(13)4-3-7-17/h5-6,8,10,17H,7,9H2,1-2H3,(H,16,18). The summed E-state index contributed by atoms with van der Waals surface area (Å²) in [5.74, 6) is 3.48. The Morgan fingerprint density at radius 3 is 2.71 bits per heavy atom. The van der Waals surface area contributed by atoms with Crippen LogP contribution in [0, 0.1) is 17.7 Å². The molecule has 0 bridgehead atoms. The molecule has 1 aromatic rings. The second-order valence-corrected chi connectivity index (χ2v) is 6.80. The van der Waals surface area contributed by atoms with E-state index in [4.69, 9.17) is 5.11 Å². The number of hydrogen-bond donors (Lipinski definition) is 2. The van der Waals surface area contributed by atoms with E-state index >= 15 is 0 Å². The molecule has 5 nitrogen and oxygen atoms in total. The molecule has 0 aliphatic carbocycles. The van der Waals surface area contributed by atoms with Gasteiger partial charge in [0.05, 0.1) is 11.3 Å². The Hall–Kier alpha value is -1.91. The Morgan fingerprint density at radius 2 is 2.14 bits per heavy atom. The van der Waals surface area contributed by atoms with Crippen LogP contribution >= 0.6 is 0 Å². The van der Waals surface area contributed by atoms with E-state index < -0.39 is 27.6 Å². The highest BCUT2D eigenvalue weighted by atomic mass is 32.2. The summed E-state index contributed by atoms with van der Waals surface area (Å²) in [6.07, 6.45) is 1.07. The van der Waals surface area contributed by atoms with Crippen LogP contribution in [0.5, 0.6) is 0 Å². The molecule has 0 aromatic heterocycles. The fourth-order valence-corrected chi connectivity index (χ4v) is 2.74. The first kappa shape index (κ1) is 17.1. The zero-order valence-electron chi connectivity index (χ0n) is 11.7. The average Bonchev–Trinajstić information content (AvgIpc) is 2.34. The minimum Gasteiger partial charge on any atom is -0.384 e. The molecule has 1 unspecified atom stereocenters. The van der Waals surface area contributed by atoms with E-state index in [-0.39, 0.29) is 23.5 Å². The molecule has 0 aliphatic heterocycles. The first-order valence-electron chi connectivity index (χ1n) is 6.11. The maximum atomic E-state index is 13.3. The molecule has 0 radical (unpaired) electrons. The third-order valence-electron chi connectivity index (χ3n) is 2.46. The molecular weight excluding hydrogens is 297 g/mol. The number of aliphatic hydroxyl groups excluding tert-OH is 1. The summed E-state index contributed by atoms with van der Waals surface area (Å²) in [4.78, 5) is 12.1. The van der Waals surface area contributed by atoms with Crippen molar-refractivity contribution in [1.29, 1.82) is 0 Å². The molecule has 7 heteroatoms. The van der Waals surface area contributed by atoms with Crippen LogP contribution in [-0.4, -0.2) is 44.1 Å². The third-order valence-corrected chi connectivity index (χ3v) is 3.56. The van der Waals surface area contributed by atoms with Gasteiger partial charge in [-0.15, -0.1) is 0 Å². The number of hydrogen-bond acceptors (Lipinski definition) is 4. The van der Waals surface area contributed by atoms with E-state index in [1.165, 1.54) is 13.0 Å². The van der Waals surface area contributed by atoms with Gasteiger partial charge in [0.2, 0.25) is 0 Å². The first-order chi connectivity index (χ1) is 9.73. The van der Waals surface area contributed by atoms with Crippen molar-refractivity contribution >= 4 is 15.7 Å². The van der Waals surface area contributed by atoms with E-state index in [0.29, 0.717) is 0 Å². The summed E-state index contributed by atoms with van der Waals surface area (Å²) >= 11 is 0. The predicted molar refractivity (Wildman–Crippen MR) is 77.0 cm³/mol. The Kier molecular flexibility index (Phi) is 5.88. The molecular formula is C14H16FNO4S. The van der Waals surface area contributed by atoms with E-state index in [2.05, 4.69) is 17.2 Å². The van der Waals surface area contributed by atoms with Gasteiger partial charge in [-0.2, -0.15) is 0 Å². The summed E-state index contributed by atoms with van der Waals surface area (Å²) in [5, 5.41) is 11.2. The fourth-order valence-electron chi connectivity index (χ4n) is 1.75. The molecule has 0 heterocycles. The minimum atomic E-state index is -3.23. The summed E-state index contributed by atoms with van der Waals surface area (Å²) in [7, 11) is -3.23. The topological polar surface area (TPSA) is 83.5 Å². The van der Waals surface area contributed by atoms with Crippen LogP contribution in [0.4, 0.5) is 4.39 Å². The van der Waals surface area contributed by atoms with Crippen molar-refractivity contribution in [3.05, 3.63) is 35.1 Å². The number of benzene rings is 1. The lowest BCUT2D eigenvalue weighted by Gasteiger charge is -2.13. The molecule has 1 amide bonds. The van der Waals surface area contributed by atoms with E-state index in [1.807, 2.05) is 0 Å². The Morgan fingerprint density at radius 1 is 1.48 bits per heavy atom. The molecule has 1 rings (SSSR count). The monoisotopic (exact) mass is 313 g/mol. The molecule has 0 saturated heterocycles. The van der Waals surface area contributed by atoms with E-state index in [0.717, 1.165) is 18.4 Å². The molecule has 1 aromatic carbocycles. The summed E-state index contributed by atoms with van der Waals surface area (Å²) in [6, 6.07) is 2.88. The number of halogens is 1. The molecule has 21 heavy (non-hydrogen) atoms. The van der Waals surface area contributed by atoms with Gasteiger partial charge < -0.3 is 10.4 Å². The maximum Gasteiger partial charge on any atom is 0.252 e. The zero-order valence-corrected chi connectivity index (χ0v) is 12.5. The van der Waals surface area contributed by atoms with Gasteiger partial charge in [-0.05, 0) is 25.1 Å². The van der Waals surface area contributed by atoms with Crippen LogP contribution in [-0.2, 0) is 9.84 Å². The Labute approximate surface area is 123 Å². The zero-order chi connectivity index (χ0) is 16.0. The second kappa shape index (κ2) is 7.20. The average molecular weight is 313 g/mol. The highest BCUT2D eigenvalue weighted by Gasteiger charge is 2.17. The van der Waals surface area contributed by atoms with Gasteiger partial charge in [0.25, 0.3) is 5.91 Å². The predicted octanol–water partition coefficient (Wildman–Crippen LogP) is 0.332. The van der Waals surface area contributed by atoms with Gasteiger partial charge in [-0.3, -0.25) is 4.79 Å².